The van der Waals surface area contributed by atoms with Gasteiger partial charge in [0, 0.05) is 35.7 Å². The van der Waals surface area contributed by atoms with E-state index in [1.165, 1.54) is 17.7 Å². The first-order chi connectivity index (χ1) is 10.8. The molecular formula is C18H21N2O2+. The first kappa shape index (κ1) is 13.6. The second-order valence-electron chi connectivity index (χ2n) is 6.37. The van der Waals surface area contributed by atoms with Gasteiger partial charge in [-0.05, 0) is 30.2 Å². The number of fused-ring (bicyclic) bond motifs is 4. The van der Waals surface area contributed by atoms with E-state index >= 15 is 0 Å². The van der Waals surface area contributed by atoms with Crippen LogP contribution >= 0.6 is 0 Å². The number of benzene rings is 1. The molecule has 2 N–H and O–H groups in total. The summed E-state index contributed by atoms with van der Waals surface area (Å²) in [5.74, 6) is 1.98. The van der Waals surface area contributed by atoms with Crippen LogP contribution in [0.5, 0.6) is 5.75 Å². The highest BCUT2D eigenvalue weighted by molar-refractivity contribution is 5.67. The fourth-order valence-electron chi connectivity index (χ4n) is 4.00. The maximum atomic E-state index is 12.3. The van der Waals surface area contributed by atoms with Crippen LogP contribution in [0.4, 0.5) is 0 Å². The molecule has 0 spiro atoms. The molecule has 3 heterocycles. The molecule has 2 atom stereocenters. The molecule has 2 bridgehead atoms. The SMILES string of the molecule is COc1ccc(-c2ccc(=O)n3c2[C@H]2C[NH2+]C[C@H](C2)C3)cc1. The maximum Gasteiger partial charge on any atom is 0.250 e. The summed E-state index contributed by atoms with van der Waals surface area (Å²) < 4.78 is 7.26. The van der Waals surface area contributed by atoms with E-state index in [0.29, 0.717) is 11.8 Å². The van der Waals surface area contributed by atoms with Crippen molar-refractivity contribution in [3.05, 3.63) is 52.4 Å². The Morgan fingerprint density at radius 2 is 1.95 bits per heavy atom. The summed E-state index contributed by atoms with van der Waals surface area (Å²) in [7, 11) is 1.68. The smallest absolute Gasteiger partial charge is 0.250 e. The third kappa shape index (κ3) is 2.15. The molecule has 4 rings (SSSR count). The number of piperidine rings is 1. The van der Waals surface area contributed by atoms with Gasteiger partial charge in [-0.15, -0.1) is 0 Å². The van der Waals surface area contributed by atoms with Crippen molar-refractivity contribution < 1.29 is 10.1 Å². The highest BCUT2D eigenvalue weighted by atomic mass is 16.5. The van der Waals surface area contributed by atoms with E-state index < -0.39 is 0 Å². The molecule has 2 aliphatic rings. The third-order valence-electron chi connectivity index (χ3n) is 5.02. The normalized spacial score (nSPS) is 23.0. The number of ether oxygens (including phenoxy) is 1. The predicted octanol–water partition coefficient (Wildman–Crippen LogP) is 1.20. The van der Waals surface area contributed by atoms with Gasteiger partial charge in [0.1, 0.15) is 5.75 Å². The number of hydrogen-bond donors (Lipinski definition) is 1. The predicted molar refractivity (Wildman–Crippen MR) is 85.2 cm³/mol. The number of nitrogens with zero attached hydrogens (tertiary/aromatic N) is 1. The number of methoxy groups -OCH3 is 1. The van der Waals surface area contributed by atoms with Crippen LogP contribution in [0.1, 0.15) is 18.0 Å². The van der Waals surface area contributed by atoms with Crippen molar-refractivity contribution in [2.45, 2.75) is 18.9 Å². The standard InChI is InChI=1S/C18H20N2O2/c1-22-15-4-2-13(3-5-15)16-6-7-17(21)20-11-12-8-14(18(16)20)10-19-9-12/h2-7,12,14,19H,8-11H2,1H3/p+1/t12-,14+/m0/s1. The van der Waals surface area contributed by atoms with Crippen LogP contribution < -0.4 is 15.6 Å². The Bertz CT molecular complexity index is 749. The lowest BCUT2D eigenvalue weighted by molar-refractivity contribution is -0.673. The zero-order valence-electron chi connectivity index (χ0n) is 12.8. The molecule has 0 amide bonds. The van der Waals surface area contributed by atoms with E-state index in [9.17, 15) is 4.79 Å². The van der Waals surface area contributed by atoms with Gasteiger partial charge in [-0.3, -0.25) is 4.79 Å². The Kier molecular flexibility index (Phi) is 3.26. The zero-order chi connectivity index (χ0) is 15.1. The van der Waals surface area contributed by atoms with Gasteiger partial charge in [0.05, 0.1) is 20.2 Å². The molecule has 0 saturated carbocycles. The molecule has 1 aromatic heterocycles. The lowest BCUT2D eigenvalue weighted by atomic mass is 9.81. The molecule has 2 aliphatic heterocycles. The second-order valence-corrected chi connectivity index (χ2v) is 6.37. The van der Waals surface area contributed by atoms with E-state index in [1.54, 1.807) is 13.2 Å². The molecule has 0 radical (unpaired) electrons. The first-order valence-electron chi connectivity index (χ1n) is 7.96. The van der Waals surface area contributed by atoms with Gasteiger partial charge in [-0.25, -0.2) is 0 Å². The Morgan fingerprint density at radius 3 is 2.73 bits per heavy atom. The second kappa shape index (κ2) is 5.29. The van der Waals surface area contributed by atoms with Crippen LogP contribution in [0.25, 0.3) is 11.1 Å². The van der Waals surface area contributed by atoms with Crippen molar-refractivity contribution >= 4 is 0 Å². The Labute approximate surface area is 129 Å². The highest BCUT2D eigenvalue weighted by Crippen LogP contribution is 2.36. The fraction of sp³-hybridized carbons (Fsp3) is 0.389. The van der Waals surface area contributed by atoms with Gasteiger partial charge in [0.2, 0.25) is 0 Å². The molecule has 0 aliphatic carbocycles. The minimum Gasteiger partial charge on any atom is -0.497 e. The molecule has 22 heavy (non-hydrogen) atoms. The van der Waals surface area contributed by atoms with Crippen LogP contribution in [0, 0.1) is 5.92 Å². The summed E-state index contributed by atoms with van der Waals surface area (Å²) in [5.41, 5.74) is 3.73. The minimum atomic E-state index is 0.142. The van der Waals surface area contributed by atoms with Crippen LogP contribution in [-0.2, 0) is 6.54 Å². The summed E-state index contributed by atoms with van der Waals surface area (Å²) >= 11 is 0. The van der Waals surface area contributed by atoms with E-state index in [2.05, 4.69) is 17.4 Å². The van der Waals surface area contributed by atoms with Gasteiger partial charge in [-0.1, -0.05) is 12.1 Å². The number of rotatable bonds is 2. The van der Waals surface area contributed by atoms with Crippen molar-refractivity contribution in [1.29, 1.82) is 0 Å². The molecule has 0 unspecified atom stereocenters. The lowest BCUT2D eigenvalue weighted by Gasteiger charge is -2.36. The quantitative estimate of drug-likeness (QED) is 0.905. The summed E-state index contributed by atoms with van der Waals surface area (Å²) in [5, 5.41) is 2.40. The average Bonchev–Trinajstić information content (AvgIpc) is 2.56. The summed E-state index contributed by atoms with van der Waals surface area (Å²) in [6.07, 6.45) is 1.21. The van der Waals surface area contributed by atoms with Crippen molar-refractivity contribution in [2.24, 2.45) is 5.92 Å². The van der Waals surface area contributed by atoms with Crippen molar-refractivity contribution in [3.8, 4) is 16.9 Å². The largest absolute Gasteiger partial charge is 0.497 e. The van der Waals surface area contributed by atoms with Crippen molar-refractivity contribution in [3.63, 3.8) is 0 Å². The Hall–Kier alpha value is -2.07. The van der Waals surface area contributed by atoms with E-state index in [1.807, 2.05) is 22.8 Å². The molecule has 2 aromatic rings. The molecule has 1 saturated heterocycles. The van der Waals surface area contributed by atoms with E-state index in [0.717, 1.165) is 30.9 Å². The average molecular weight is 297 g/mol. The highest BCUT2D eigenvalue weighted by Gasteiger charge is 2.35. The summed E-state index contributed by atoms with van der Waals surface area (Å²) in [6, 6.07) is 11.8. The molecule has 1 aromatic carbocycles. The van der Waals surface area contributed by atoms with Crippen LogP contribution in [0.3, 0.4) is 0 Å². The number of quaternary nitrogens is 1. The van der Waals surface area contributed by atoms with Crippen molar-refractivity contribution in [2.75, 3.05) is 20.2 Å². The molecule has 1 fully saturated rings. The summed E-state index contributed by atoms with van der Waals surface area (Å²) in [6.45, 7) is 3.10. The molecule has 4 heteroatoms. The number of nitrogens with two attached hydrogens (primary N) is 1. The Balaban J connectivity index is 1.86. The van der Waals surface area contributed by atoms with Gasteiger partial charge < -0.3 is 14.6 Å². The third-order valence-corrected chi connectivity index (χ3v) is 5.02. The summed E-state index contributed by atoms with van der Waals surface area (Å²) in [4.78, 5) is 12.3. The van der Waals surface area contributed by atoms with Crippen LogP contribution in [0.15, 0.2) is 41.2 Å². The Morgan fingerprint density at radius 1 is 1.14 bits per heavy atom. The number of aromatic nitrogens is 1. The van der Waals surface area contributed by atoms with E-state index in [4.69, 9.17) is 4.74 Å². The van der Waals surface area contributed by atoms with Gasteiger partial charge >= 0.3 is 0 Å². The number of pyridine rings is 1. The molecular weight excluding hydrogens is 276 g/mol. The van der Waals surface area contributed by atoms with Gasteiger partial charge in [0.25, 0.3) is 5.56 Å². The topological polar surface area (TPSA) is 47.8 Å². The van der Waals surface area contributed by atoms with Crippen molar-refractivity contribution in [1.82, 2.24) is 4.57 Å². The first-order valence-corrected chi connectivity index (χ1v) is 7.96. The fourth-order valence-corrected chi connectivity index (χ4v) is 4.00. The monoisotopic (exact) mass is 297 g/mol. The van der Waals surface area contributed by atoms with E-state index in [-0.39, 0.29) is 5.56 Å². The molecule has 4 nitrogen and oxygen atoms in total. The van der Waals surface area contributed by atoms with Crippen LogP contribution in [-0.4, -0.2) is 24.8 Å². The van der Waals surface area contributed by atoms with Crippen LogP contribution in [0.2, 0.25) is 0 Å². The van der Waals surface area contributed by atoms with Gasteiger partial charge in [-0.2, -0.15) is 0 Å². The molecule has 114 valence electrons. The van der Waals surface area contributed by atoms with Gasteiger partial charge in [0.15, 0.2) is 0 Å². The number of hydrogen-bond acceptors (Lipinski definition) is 2. The zero-order valence-corrected chi connectivity index (χ0v) is 12.8. The minimum absolute atomic E-state index is 0.142. The lowest BCUT2D eigenvalue weighted by Crippen LogP contribution is -2.89. The maximum absolute atomic E-state index is 12.3.